The molecule has 0 aliphatic heterocycles. The van der Waals surface area contributed by atoms with Crippen LogP contribution in [0.15, 0.2) is 18.3 Å². The molecule has 0 unspecified atom stereocenters. The van der Waals surface area contributed by atoms with Crippen molar-refractivity contribution in [3.8, 4) is 0 Å². The van der Waals surface area contributed by atoms with Gasteiger partial charge in [-0.1, -0.05) is 6.42 Å². The Hall–Kier alpha value is -2.64. The fourth-order valence-corrected chi connectivity index (χ4v) is 4.11. The molecule has 0 radical (unpaired) electrons. The van der Waals surface area contributed by atoms with Gasteiger partial charge in [0.1, 0.15) is 5.82 Å². The maximum atomic E-state index is 11.2. The molecule has 1 amide bonds. The van der Waals surface area contributed by atoms with E-state index in [0.29, 0.717) is 23.9 Å². The Morgan fingerprint density at radius 2 is 1.96 bits per heavy atom. The van der Waals surface area contributed by atoms with E-state index < -0.39 is 0 Å². The van der Waals surface area contributed by atoms with Crippen molar-refractivity contribution in [2.75, 3.05) is 17.3 Å². The number of rotatable bonds is 6. The lowest BCUT2D eigenvalue weighted by Gasteiger charge is -2.34. The van der Waals surface area contributed by atoms with Gasteiger partial charge in [-0.3, -0.25) is 9.89 Å². The Bertz CT molecular complexity index is 808. The zero-order valence-corrected chi connectivity index (χ0v) is 16.6. The first-order chi connectivity index (χ1) is 13.6. The Kier molecular flexibility index (Phi) is 5.45. The van der Waals surface area contributed by atoms with Crippen LogP contribution in [-0.2, 0) is 4.79 Å². The number of carbonyl (C=O) groups excluding carboxylic acids is 1. The first-order valence-corrected chi connectivity index (χ1v) is 10.2. The molecule has 2 aromatic rings. The molecule has 2 aromatic heterocycles. The van der Waals surface area contributed by atoms with E-state index >= 15 is 0 Å². The molecular weight excluding hydrogens is 354 g/mol. The third-order valence-electron chi connectivity index (χ3n) is 6.01. The van der Waals surface area contributed by atoms with Gasteiger partial charge >= 0.3 is 0 Å². The lowest BCUT2D eigenvalue weighted by Crippen LogP contribution is -2.42. The Morgan fingerprint density at radius 1 is 1.18 bits per heavy atom. The minimum absolute atomic E-state index is 0.0535. The second kappa shape index (κ2) is 8.16. The number of hydrogen-bond acceptors (Lipinski definition) is 6. The lowest BCUT2D eigenvalue weighted by molar-refractivity contribution is -0.119. The lowest BCUT2D eigenvalue weighted by atomic mass is 9.83. The molecule has 0 atom stereocenters. The van der Waals surface area contributed by atoms with Crippen molar-refractivity contribution in [3.05, 3.63) is 24.0 Å². The van der Waals surface area contributed by atoms with Gasteiger partial charge in [0.15, 0.2) is 5.82 Å². The summed E-state index contributed by atoms with van der Waals surface area (Å²) in [4.78, 5) is 22.5. The number of anilines is 3. The van der Waals surface area contributed by atoms with E-state index in [9.17, 15) is 4.79 Å². The highest BCUT2D eigenvalue weighted by Gasteiger charge is 2.26. The fraction of sp³-hybridized carbons (Fsp3) is 0.600. The van der Waals surface area contributed by atoms with Gasteiger partial charge in [-0.05, 0) is 44.6 Å². The van der Waals surface area contributed by atoms with Crippen LogP contribution in [0.1, 0.15) is 63.5 Å². The molecule has 3 N–H and O–H groups in total. The Morgan fingerprint density at radius 3 is 2.64 bits per heavy atom. The van der Waals surface area contributed by atoms with Crippen LogP contribution in [-0.4, -0.2) is 45.2 Å². The average molecular weight is 384 g/mol. The van der Waals surface area contributed by atoms with E-state index in [2.05, 4.69) is 41.8 Å². The summed E-state index contributed by atoms with van der Waals surface area (Å²) in [7, 11) is 2.05. The topological polar surface area (TPSA) is 98.8 Å². The van der Waals surface area contributed by atoms with Crippen molar-refractivity contribution < 1.29 is 4.79 Å². The SMILES string of the molecule is CC(=O)N[C@H]1CC[C@H](N(C)c2nccc(Nc3cc(C4CCC4)[nH]n3)n2)CC1. The van der Waals surface area contributed by atoms with Crippen LogP contribution in [0, 0.1) is 0 Å². The number of aromatic nitrogens is 4. The summed E-state index contributed by atoms with van der Waals surface area (Å²) in [5.41, 5.74) is 1.20. The zero-order chi connectivity index (χ0) is 19.5. The maximum absolute atomic E-state index is 11.2. The monoisotopic (exact) mass is 383 g/mol. The number of amides is 1. The molecule has 0 saturated heterocycles. The van der Waals surface area contributed by atoms with E-state index in [0.717, 1.165) is 37.3 Å². The molecule has 0 aromatic carbocycles. The third-order valence-corrected chi connectivity index (χ3v) is 6.01. The van der Waals surface area contributed by atoms with Gasteiger partial charge in [-0.2, -0.15) is 10.1 Å². The molecule has 2 heterocycles. The summed E-state index contributed by atoms with van der Waals surface area (Å²) >= 11 is 0. The van der Waals surface area contributed by atoms with Crippen LogP contribution in [0.25, 0.3) is 0 Å². The molecular formula is C20H29N7O. The third kappa shape index (κ3) is 4.26. The van der Waals surface area contributed by atoms with Crippen molar-refractivity contribution in [2.45, 2.75) is 69.9 Å². The van der Waals surface area contributed by atoms with Gasteiger partial charge in [-0.15, -0.1) is 0 Å². The highest BCUT2D eigenvalue weighted by Crippen LogP contribution is 2.36. The van der Waals surface area contributed by atoms with Gasteiger partial charge in [0, 0.05) is 49.9 Å². The van der Waals surface area contributed by atoms with Crippen LogP contribution in [0.4, 0.5) is 17.6 Å². The Balaban J connectivity index is 1.36. The van der Waals surface area contributed by atoms with Crippen LogP contribution in [0.3, 0.4) is 0 Å². The molecule has 8 nitrogen and oxygen atoms in total. The van der Waals surface area contributed by atoms with Crippen molar-refractivity contribution >= 4 is 23.5 Å². The summed E-state index contributed by atoms with van der Waals surface area (Å²) in [5.74, 6) is 2.93. The van der Waals surface area contributed by atoms with Gasteiger partial charge in [0.05, 0.1) is 0 Å². The maximum Gasteiger partial charge on any atom is 0.227 e. The summed E-state index contributed by atoms with van der Waals surface area (Å²) in [6.07, 6.45) is 9.60. The molecule has 28 heavy (non-hydrogen) atoms. The highest BCUT2D eigenvalue weighted by molar-refractivity contribution is 5.73. The van der Waals surface area contributed by atoms with Crippen molar-refractivity contribution in [2.24, 2.45) is 0 Å². The molecule has 2 aliphatic rings. The minimum Gasteiger partial charge on any atom is -0.354 e. The second-order valence-electron chi connectivity index (χ2n) is 8.02. The molecule has 0 bridgehead atoms. The molecule has 4 rings (SSSR count). The van der Waals surface area contributed by atoms with Gasteiger partial charge in [-0.25, -0.2) is 4.98 Å². The summed E-state index contributed by atoms with van der Waals surface area (Å²) < 4.78 is 0. The predicted molar refractivity (Wildman–Crippen MR) is 109 cm³/mol. The molecule has 0 spiro atoms. The highest BCUT2D eigenvalue weighted by atomic mass is 16.1. The first kappa shape index (κ1) is 18.7. The number of carbonyl (C=O) groups is 1. The second-order valence-corrected chi connectivity index (χ2v) is 8.02. The number of nitrogens with zero attached hydrogens (tertiary/aromatic N) is 4. The largest absolute Gasteiger partial charge is 0.354 e. The smallest absolute Gasteiger partial charge is 0.227 e. The zero-order valence-electron chi connectivity index (χ0n) is 16.6. The van der Waals surface area contributed by atoms with Crippen molar-refractivity contribution in [1.82, 2.24) is 25.5 Å². The number of H-pyrrole nitrogens is 1. The summed E-state index contributed by atoms with van der Waals surface area (Å²) in [6.45, 7) is 1.58. The Labute approximate surface area is 165 Å². The molecule has 150 valence electrons. The van der Waals surface area contributed by atoms with Gasteiger partial charge < -0.3 is 15.5 Å². The van der Waals surface area contributed by atoms with Crippen LogP contribution < -0.4 is 15.5 Å². The van der Waals surface area contributed by atoms with Crippen molar-refractivity contribution in [3.63, 3.8) is 0 Å². The van der Waals surface area contributed by atoms with Crippen molar-refractivity contribution in [1.29, 1.82) is 0 Å². The fourth-order valence-electron chi connectivity index (χ4n) is 4.11. The van der Waals surface area contributed by atoms with E-state index in [4.69, 9.17) is 0 Å². The van der Waals surface area contributed by atoms with Crippen LogP contribution in [0.5, 0.6) is 0 Å². The summed E-state index contributed by atoms with van der Waals surface area (Å²) in [5, 5.41) is 13.8. The molecule has 8 heteroatoms. The molecule has 2 fully saturated rings. The number of nitrogens with one attached hydrogen (secondary N) is 3. The quantitative estimate of drug-likeness (QED) is 0.709. The van der Waals surface area contributed by atoms with Crippen LogP contribution >= 0.6 is 0 Å². The summed E-state index contributed by atoms with van der Waals surface area (Å²) in [6, 6.07) is 4.62. The molecule has 2 saturated carbocycles. The predicted octanol–water partition coefficient (Wildman–Crippen LogP) is 3.09. The standard InChI is InChI=1S/C20H29N7O/c1-13(28)22-15-6-8-16(9-7-15)27(2)20-21-11-10-18(24-20)23-19-12-17(25-26-19)14-4-3-5-14/h10-12,14-16H,3-9H2,1-2H3,(H,22,28)(H2,21,23,24,25,26)/t15-,16-. The van der Waals surface area contributed by atoms with E-state index in [1.807, 2.05) is 13.1 Å². The van der Waals surface area contributed by atoms with E-state index in [1.54, 1.807) is 13.1 Å². The van der Waals surface area contributed by atoms with E-state index in [1.165, 1.54) is 25.0 Å². The van der Waals surface area contributed by atoms with Crippen LogP contribution in [0.2, 0.25) is 0 Å². The van der Waals surface area contributed by atoms with Gasteiger partial charge in [0.2, 0.25) is 11.9 Å². The van der Waals surface area contributed by atoms with E-state index in [-0.39, 0.29) is 5.91 Å². The number of aromatic amines is 1. The minimum atomic E-state index is 0.0535. The average Bonchev–Trinajstić information content (AvgIpc) is 3.08. The molecule has 2 aliphatic carbocycles. The normalized spacial score (nSPS) is 22.4. The van der Waals surface area contributed by atoms with Gasteiger partial charge in [0.25, 0.3) is 0 Å². The number of hydrogen-bond donors (Lipinski definition) is 3. The first-order valence-electron chi connectivity index (χ1n) is 10.2.